The van der Waals surface area contributed by atoms with Crippen molar-refractivity contribution in [3.8, 4) is 5.75 Å². The van der Waals surface area contributed by atoms with E-state index in [1.165, 1.54) is 0 Å². The number of likely N-dealkylation sites (tertiary alicyclic amines) is 1. The maximum Gasteiger partial charge on any atom is 0.295 e. The average Bonchev–Trinajstić information content (AvgIpc) is 3.12. The molecule has 7 nitrogen and oxygen atoms in total. The summed E-state index contributed by atoms with van der Waals surface area (Å²) in [5.41, 5.74) is 2.48. The second-order valence-corrected chi connectivity index (χ2v) is 8.73. The summed E-state index contributed by atoms with van der Waals surface area (Å²) in [6.45, 7) is 8.58. The summed E-state index contributed by atoms with van der Waals surface area (Å²) in [5, 5.41) is 11.2. The van der Waals surface area contributed by atoms with Gasteiger partial charge in [0.05, 0.1) is 31.4 Å². The van der Waals surface area contributed by atoms with E-state index in [2.05, 4.69) is 4.90 Å². The van der Waals surface area contributed by atoms with Gasteiger partial charge in [-0.25, -0.2) is 0 Å². The Balaban J connectivity index is 1.67. The Morgan fingerprint density at radius 2 is 1.71 bits per heavy atom. The molecule has 7 heteroatoms. The number of aryl methyl sites for hydroxylation is 1. The van der Waals surface area contributed by atoms with Gasteiger partial charge in [-0.05, 0) is 43.2 Å². The molecule has 4 rings (SSSR count). The van der Waals surface area contributed by atoms with E-state index in [-0.39, 0.29) is 11.3 Å². The van der Waals surface area contributed by atoms with E-state index in [0.29, 0.717) is 44.2 Å². The Morgan fingerprint density at radius 3 is 2.35 bits per heavy atom. The van der Waals surface area contributed by atoms with Crippen LogP contribution in [0.3, 0.4) is 0 Å². The zero-order valence-electron chi connectivity index (χ0n) is 19.8. The van der Waals surface area contributed by atoms with Crippen LogP contribution < -0.4 is 4.74 Å². The number of nitrogens with zero attached hydrogens (tertiary/aromatic N) is 2. The maximum atomic E-state index is 13.2. The highest BCUT2D eigenvalue weighted by Crippen LogP contribution is 2.39. The van der Waals surface area contributed by atoms with Crippen molar-refractivity contribution >= 4 is 17.4 Å². The third kappa shape index (κ3) is 5.16. The predicted molar refractivity (Wildman–Crippen MR) is 130 cm³/mol. The monoisotopic (exact) mass is 464 g/mol. The molecule has 2 aromatic carbocycles. The zero-order chi connectivity index (χ0) is 24.1. The molecule has 2 aliphatic rings. The molecule has 0 radical (unpaired) electrons. The topological polar surface area (TPSA) is 79.3 Å². The second-order valence-electron chi connectivity index (χ2n) is 8.73. The molecule has 34 heavy (non-hydrogen) atoms. The SMILES string of the molecule is CCCOc1ccc(/C(O)=C2\C(=O)C(=O)N(CCN3CCOCC3)[C@@H]2c2ccc(C)cc2)cc1. The summed E-state index contributed by atoms with van der Waals surface area (Å²) in [7, 11) is 0. The molecule has 2 heterocycles. The standard InChI is InChI=1S/C27H32N2O5/c1-3-16-34-22-10-8-21(9-11-22)25(30)23-24(20-6-4-19(2)5-7-20)29(27(32)26(23)31)13-12-28-14-17-33-18-15-28/h4-11,24,30H,3,12-18H2,1-2H3/b25-23+/t24-/m1/s1. The Labute approximate surface area is 200 Å². The molecule has 1 amide bonds. The van der Waals surface area contributed by atoms with Crippen molar-refractivity contribution in [3.63, 3.8) is 0 Å². The second kappa shape index (κ2) is 10.8. The number of aliphatic hydroxyl groups is 1. The molecule has 0 saturated carbocycles. The van der Waals surface area contributed by atoms with Gasteiger partial charge in [0.25, 0.3) is 11.7 Å². The van der Waals surface area contributed by atoms with Crippen molar-refractivity contribution in [3.05, 3.63) is 70.8 Å². The lowest BCUT2D eigenvalue weighted by molar-refractivity contribution is -0.140. The maximum absolute atomic E-state index is 13.2. The molecule has 0 aromatic heterocycles. The summed E-state index contributed by atoms with van der Waals surface area (Å²) < 4.78 is 11.0. The van der Waals surface area contributed by atoms with Gasteiger partial charge in [-0.1, -0.05) is 36.8 Å². The van der Waals surface area contributed by atoms with E-state index in [4.69, 9.17) is 9.47 Å². The summed E-state index contributed by atoms with van der Waals surface area (Å²) in [5.74, 6) is -0.709. The first kappa shape index (κ1) is 24.0. The van der Waals surface area contributed by atoms with Gasteiger partial charge < -0.3 is 19.5 Å². The molecule has 0 bridgehead atoms. The number of hydrogen-bond acceptors (Lipinski definition) is 6. The lowest BCUT2D eigenvalue weighted by atomic mass is 9.94. The lowest BCUT2D eigenvalue weighted by Gasteiger charge is -2.31. The van der Waals surface area contributed by atoms with Crippen molar-refractivity contribution in [1.29, 1.82) is 0 Å². The van der Waals surface area contributed by atoms with Crippen molar-refractivity contribution in [2.24, 2.45) is 0 Å². The minimum atomic E-state index is -0.656. The molecule has 2 aliphatic heterocycles. The Morgan fingerprint density at radius 1 is 1.03 bits per heavy atom. The van der Waals surface area contributed by atoms with E-state index >= 15 is 0 Å². The summed E-state index contributed by atoms with van der Waals surface area (Å²) in [6.07, 6.45) is 0.895. The number of rotatable bonds is 8. The number of carbonyl (C=O) groups excluding carboxylic acids is 2. The van der Waals surface area contributed by atoms with Gasteiger partial charge in [0.15, 0.2) is 0 Å². The van der Waals surface area contributed by atoms with Crippen molar-refractivity contribution in [2.75, 3.05) is 46.0 Å². The van der Waals surface area contributed by atoms with Gasteiger partial charge in [0.1, 0.15) is 11.5 Å². The predicted octanol–water partition coefficient (Wildman–Crippen LogP) is 3.54. The third-order valence-electron chi connectivity index (χ3n) is 6.29. The third-order valence-corrected chi connectivity index (χ3v) is 6.29. The van der Waals surface area contributed by atoms with Crippen LogP contribution >= 0.6 is 0 Å². The number of amides is 1. The first-order valence-corrected chi connectivity index (χ1v) is 11.9. The molecule has 2 fully saturated rings. The minimum Gasteiger partial charge on any atom is -0.507 e. The number of carbonyl (C=O) groups is 2. The van der Waals surface area contributed by atoms with E-state index in [1.54, 1.807) is 29.2 Å². The Kier molecular flexibility index (Phi) is 7.65. The van der Waals surface area contributed by atoms with E-state index < -0.39 is 17.7 Å². The minimum absolute atomic E-state index is 0.123. The van der Waals surface area contributed by atoms with Crippen molar-refractivity contribution < 1.29 is 24.2 Å². The molecule has 1 N–H and O–H groups in total. The largest absolute Gasteiger partial charge is 0.507 e. The van der Waals surface area contributed by atoms with Crippen LogP contribution in [0.15, 0.2) is 54.1 Å². The van der Waals surface area contributed by atoms with E-state index in [1.807, 2.05) is 38.1 Å². The number of hydrogen-bond donors (Lipinski definition) is 1. The summed E-state index contributed by atoms with van der Waals surface area (Å²) >= 11 is 0. The van der Waals surface area contributed by atoms with Gasteiger partial charge in [-0.2, -0.15) is 0 Å². The van der Waals surface area contributed by atoms with Crippen LogP contribution in [0, 0.1) is 6.92 Å². The number of Topliss-reactive ketones (excluding diaryl/α,β-unsaturated/α-hetero) is 1. The van der Waals surface area contributed by atoms with Crippen LogP contribution in [0.4, 0.5) is 0 Å². The number of ether oxygens (including phenoxy) is 2. The molecule has 0 unspecified atom stereocenters. The Bertz CT molecular complexity index is 1040. The van der Waals surface area contributed by atoms with Gasteiger partial charge in [-0.15, -0.1) is 0 Å². The number of aliphatic hydroxyl groups excluding tert-OH is 1. The van der Waals surface area contributed by atoms with Gasteiger partial charge in [-0.3, -0.25) is 14.5 Å². The van der Waals surface area contributed by atoms with Crippen LogP contribution in [0.5, 0.6) is 5.75 Å². The molecule has 0 aliphatic carbocycles. The number of ketones is 1. The number of benzene rings is 2. The molecular formula is C27H32N2O5. The van der Waals surface area contributed by atoms with Crippen LogP contribution in [-0.2, 0) is 14.3 Å². The van der Waals surface area contributed by atoms with E-state index in [9.17, 15) is 14.7 Å². The fraction of sp³-hybridized carbons (Fsp3) is 0.407. The highest BCUT2D eigenvalue weighted by Gasteiger charge is 2.46. The number of morpholine rings is 1. The summed E-state index contributed by atoms with van der Waals surface area (Å²) in [4.78, 5) is 30.1. The lowest BCUT2D eigenvalue weighted by Crippen LogP contribution is -2.42. The zero-order valence-corrected chi connectivity index (χ0v) is 19.8. The molecule has 2 aromatic rings. The average molecular weight is 465 g/mol. The highest BCUT2D eigenvalue weighted by molar-refractivity contribution is 6.46. The smallest absolute Gasteiger partial charge is 0.295 e. The normalized spacial score (nSPS) is 20.6. The first-order valence-electron chi connectivity index (χ1n) is 11.9. The highest BCUT2D eigenvalue weighted by atomic mass is 16.5. The van der Waals surface area contributed by atoms with Gasteiger partial charge in [0.2, 0.25) is 0 Å². The van der Waals surface area contributed by atoms with Crippen molar-refractivity contribution in [2.45, 2.75) is 26.3 Å². The van der Waals surface area contributed by atoms with Crippen LogP contribution in [-0.4, -0.2) is 72.6 Å². The molecular weight excluding hydrogens is 432 g/mol. The fourth-order valence-corrected chi connectivity index (χ4v) is 4.36. The molecule has 0 spiro atoms. The molecule has 1 atom stereocenters. The quantitative estimate of drug-likeness (QED) is 0.366. The Hall–Kier alpha value is -3.16. The van der Waals surface area contributed by atoms with Crippen LogP contribution in [0.25, 0.3) is 5.76 Å². The molecule has 2 saturated heterocycles. The first-order chi connectivity index (χ1) is 16.5. The van der Waals surface area contributed by atoms with Gasteiger partial charge >= 0.3 is 0 Å². The molecule has 180 valence electrons. The fourth-order valence-electron chi connectivity index (χ4n) is 4.36. The summed E-state index contributed by atoms with van der Waals surface area (Å²) in [6, 6.07) is 14.1. The van der Waals surface area contributed by atoms with Gasteiger partial charge in [0, 0.05) is 31.7 Å². The van der Waals surface area contributed by atoms with E-state index in [0.717, 1.165) is 30.6 Å². The van der Waals surface area contributed by atoms with Crippen LogP contribution in [0.2, 0.25) is 0 Å². The van der Waals surface area contributed by atoms with Crippen LogP contribution in [0.1, 0.15) is 36.1 Å². The van der Waals surface area contributed by atoms with Crippen molar-refractivity contribution in [1.82, 2.24) is 9.80 Å².